The minimum absolute atomic E-state index is 0.0849. The van der Waals surface area contributed by atoms with Crippen molar-refractivity contribution in [1.82, 2.24) is 29.3 Å². The third-order valence-corrected chi connectivity index (χ3v) is 4.58. The fourth-order valence-corrected chi connectivity index (χ4v) is 3.14. The predicted octanol–water partition coefficient (Wildman–Crippen LogP) is 0.623. The smallest absolute Gasteiger partial charge is 0.258 e. The van der Waals surface area contributed by atoms with E-state index in [1.54, 1.807) is 29.2 Å². The Labute approximate surface area is 171 Å². The molecule has 4 aromatic heterocycles. The zero-order valence-corrected chi connectivity index (χ0v) is 16.4. The number of imidazole rings is 1. The van der Waals surface area contributed by atoms with Crippen molar-refractivity contribution in [2.24, 2.45) is 0 Å². The van der Waals surface area contributed by atoms with Crippen molar-refractivity contribution in [2.45, 2.75) is 13.3 Å². The van der Waals surface area contributed by atoms with Crippen LogP contribution in [0.3, 0.4) is 0 Å². The molecule has 0 bridgehead atoms. The Balaban J connectivity index is 1.55. The number of fused-ring (bicyclic) bond motifs is 2. The Hall–Kier alpha value is -3.79. The van der Waals surface area contributed by atoms with Gasteiger partial charge in [0.05, 0.1) is 18.0 Å². The quantitative estimate of drug-likeness (QED) is 0.384. The molecule has 10 nitrogen and oxygen atoms in total. The van der Waals surface area contributed by atoms with E-state index in [9.17, 15) is 9.59 Å². The molecule has 154 valence electrons. The predicted molar refractivity (Wildman–Crippen MR) is 111 cm³/mol. The largest absolute Gasteiger partial charge is 0.396 e. The van der Waals surface area contributed by atoms with Crippen LogP contribution < -0.4 is 16.2 Å². The van der Waals surface area contributed by atoms with Gasteiger partial charge in [0.25, 0.3) is 5.56 Å². The lowest BCUT2D eigenvalue weighted by Crippen LogP contribution is -2.29. The van der Waals surface area contributed by atoms with Crippen LogP contribution in [0.2, 0.25) is 0 Å². The van der Waals surface area contributed by atoms with E-state index in [-0.39, 0.29) is 24.5 Å². The van der Waals surface area contributed by atoms with E-state index >= 15 is 0 Å². The standard InChI is InChI=1S/C20H21N7O3/c1-13-10-16(25-27-8-7-23-20(13)27)15-11-19(30)26-12-14(2-3-17(26)24-15)21-5-6-22-18(29)4-9-28/h2-3,7-8,10-12,21,28H,4-6,9H2,1H3,(H,22,29). The number of aliphatic hydroxyl groups excluding tert-OH is 1. The number of nitrogens with zero attached hydrogens (tertiary/aromatic N) is 5. The van der Waals surface area contributed by atoms with Crippen molar-refractivity contribution in [3.63, 3.8) is 0 Å². The Bertz CT molecular complexity index is 1280. The number of anilines is 1. The summed E-state index contributed by atoms with van der Waals surface area (Å²) in [5, 5.41) is 19.0. The van der Waals surface area contributed by atoms with Crippen LogP contribution in [0.15, 0.2) is 47.7 Å². The molecule has 0 aliphatic carbocycles. The number of carbonyl (C=O) groups excluding carboxylic acids is 1. The number of rotatable bonds is 7. The molecule has 0 atom stereocenters. The number of aromatic nitrogens is 5. The van der Waals surface area contributed by atoms with Crippen LogP contribution in [0.25, 0.3) is 22.7 Å². The molecule has 1 amide bonds. The van der Waals surface area contributed by atoms with Gasteiger partial charge in [0.2, 0.25) is 5.91 Å². The van der Waals surface area contributed by atoms with Crippen LogP contribution in [0.5, 0.6) is 0 Å². The van der Waals surface area contributed by atoms with Gasteiger partial charge in [-0.2, -0.15) is 5.10 Å². The lowest BCUT2D eigenvalue weighted by atomic mass is 10.2. The first-order valence-corrected chi connectivity index (χ1v) is 9.51. The van der Waals surface area contributed by atoms with Crippen LogP contribution >= 0.6 is 0 Å². The number of pyridine rings is 1. The van der Waals surface area contributed by atoms with Gasteiger partial charge < -0.3 is 15.7 Å². The van der Waals surface area contributed by atoms with Crippen LogP contribution in [0.1, 0.15) is 12.0 Å². The van der Waals surface area contributed by atoms with Gasteiger partial charge in [0, 0.05) is 44.2 Å². The monoisotopic (exact) mass is 407 g/mol. The van der Waals surface area contributed by atoms with Gasteiger partial charge in [0.1, 0.15) is 11.3 Å². The normalized spacial score (nSPS) is 11.1. The van der Waals surface area contributed by atoms with Crippen molar-refractivity contribution >= 4 is 22.9 Å². The van der Waals surface area contributed by atoms with Gasteiger partial charge in [-0.1, -0.05) is 0 Å². The molecule has 0 aliphatic rings. The van der Waals surface area contributed by atoms with Gasteiger partial charge in [-0.25, -0.2) is 14.5 Å². The third kappa shape index (κ3) is 3.98. The summed E-state index contributed by atoms with van der Waals surface area (Å²) in [6.07, 6.45) is 5.18. The van der Waals surface area contributed by atoms with Crippen molar-refractivity contribution in [2.75, 3.05) is 25.0 Å². The average molecular weight is 407 g/mol. The second kappa shape index (κ2) is 8.29. The first kappa shape index (κ1) is 19.5. The van der Waals surface area contributed by atoms with E-state index in [2.05, 4.69) is 25.7 Å². The molecule has 4 aromatic rings. The molecule has 30 heavy (non-hydrogen) atoms. The molecule has 0 unspecified atom stereocenters. The highest BCUT2D eigenvalue weighted by atomic mass is 16.3. The van der Waals surface area contributed by atoms with Crippen LogP contribution in [0.4, 0.5) is 5.69 Å². The number of hydrogen-bond acceptors (Lipinski definition) is 7. The molecule has 3 N–H and O–H groups in total. The highest BCUT2D eigenvalue weighted by Crippen LogP contribution is 2.18. The van der Waals surface area contributed by atoms with Gasteiger partial charge in [-0.05, 0) is 30.7 Å². The SMILES string of the molecule is Cc1cc(-c2cc(=O)n3cc(NCCNC(=O)CCO)ccc3n2)nn2ccnc12. The Morgan fingerprint density at radius 3 is 2.90 bits per heavy atom. The number of amides is 1. The maximum Gasteiger partial charge on any atom is 0.258 e. The number of aliphatic hydroxyl groups is 1. The van der Waals surface area contributed by atoms with E-state index in [0.717, 1.165) is 16.9 Å². The average Bonchev–Trinajstić information content (AvgIpc) is 3.21. The first-order chi connectivity index (χ1) is 14.5. The summed E-state index contributed by atoms with van der Waals surface area (Å²) in [6.45, 7) is 2.65. The fraction of sp³-hybridized carbons (Fsp3) is 0.250. The van der Waals surface area contributed by atoms with Gasteiger partial charge in [-0.3, -0.25) is 14.0 Å². The molecule has 0 saturated carbocycles. The highest BCUT2D eigenvalue weighted by molar-refractivity contribution is 5.75. The number of carbonyl (C=O) groups is 1. The molecule has 0 aliphatic heterocycles. The Morgan fingerprint density at radius 2 is 2.07 bits per heavy atom. The third-order valence-electron chi connectivity index (χ3n) is 4.58. The second-order valence-corrected chi connectivity index (χ2v) is 6.78. The molecule has 0 aromatic carbocycles. The van der Waals surface area contributed by atoms with Crippen molar-refractivity contribution < 1.29 is 9.90 Å². The minimum atomic E-state index is -0.222. The molecule has 4 heterocycles. The van der Waals surface area contributed by atoms with Gasteiger partial charge in [-0.15, -0.1) is 0 Å². The maximum atomic E-state index is 12.7. The van der Waals surface area contributed by atoms with E-state index in [0.29, 0.717) is 30.1 Å². The molecule has 4 rings (SSSR count). The molecular weight excluding hydrogens is 386 g/mol. The van der Waals surface area contributed by atoms with Crippen LogP contribution in [0, 0.1) is 6.92 Å². The van der Waals surface area contributed by atoms with Crippen LogP contribution in [-0.2, 0) is 4.79 Å². The maximum absolute atomic E-state index is 12.7. The summed E-state index contributed by atoms with van der Waals surface area (Å²) < 4.78 is 3.12. The van der Waals surface area contributed by atoms with Gasteiger partial charge in [0.15, 0.2) is 5.65 Å². The zero-order valence-electron chi connectivity index (χ0n) is 16.4. The van der Waals surface area contributed by atoms with E-state index < -0.39 is 0 Å². The molecule has 0 saturated heterocycles. The summed E-state index contributed by atoms with van der Waals surface area (Å²) in [6, 6.07) is 6.89. The minimum Gasteiger partial charge on any atom is -0.396 e. The summed E-state index contributed by atoms with van der Waals surface area (Å²) in [7, 11) is 0. The second-order valence-electron chi connectivity index (χ2n) is 6.78. The lowest BCUT2D eigenvalue weighted by Gasteiger charge is -2.10. The molecule has 0 spiro atoms. The summed E-state index contributed by atoms with van der Waals surface area (Å²) >= 11 is 0. The molecular formula is C20H21N7O3. The van der Waals surface area contributed by atoms with Crippen molar-refractivity contribution in [3.8, 4) is 11.4 Å². The van der Waals surface area contributed by atoms with Crippen molar-refractivity contribution in [1.29, 1.82) is 0 Å². The highest BCUT2D eigenvalue weighted by Gasteiger charge is 2.10. The summed E-state index contributed by atoms with van der Waals surface area (Å²) in [5.41, 5.74) is 3.80. The summed E-state index contributed by atoms with van der Waals surface area (Å²) in [5.74, 6) is -0.205. The Morgan fingerprint density at radius 1 is 1.20 bits per heavy atom. The molecule has 0 fully saturated rings. The van der Waals surface area contributed by atoms with E-state index in [1.807, 2.05) is 19.1 Å². The summed E-state index contributed by atoms with van der Waals surface area (Å²) in [4.78, 5) is 32.9. The lowest BCUT2D eigenvalue weighted by molar-refractivity contribution is -0.121. The topological polar surface area (TPSA) is 126 Å². The number of hydrogen-bond donors (Lipinski definition) is 3. The fourth-order valence-electron chi connectivity index (χ4n) is 3.14. The first-order valence-electron chi connectivity index (χ1n) is 9.51. The van der Waals surface area contributed by atoms with Crippen molar-refractivity contribution in [3.05, 3.63) is 58.8 Å². The Kier molecular flexibility index (Phi) is 5.40. The number of nitrogens with one attached hydrogen (secondary N) is 2. The van der Waals surface area contributed by atoms with Gasteiger partial charge >= 0.3 is 0 Å². The number of aryl methyl sites for hydroxylation is 1. The zero-order chi connectivity index (χ0) is 21.1. The van der Waals surface area contributed by atoms with Crippen LogP contribution in [-0.4, -0.2) is 54.7 Å². The van der Waals surface area contributed by atoms with E-state index in [1.165, 1.54) is 10.5 Å². The molecule has 0 radical (unpaired) electrons. The van der Waals surface area contributed by atoms with E-state index in [4.69, 9.17) is 5.11 Å². The molecule has 10 heteroatoms.